The van der Waals surface area contributed by atoms with E-state index in [0.29, 0.717) is 5.56 Å². The number of rotatable bonds is 9. The molecular formula is C16H20FN3O5. The number of hydrogen-bond acceptors (Lipinski definition) is 4. The van der Waals surface area contributed by atoms with Gasteiger partial charge in [-0.25, -0.2) is 4.39 Å². The first-order valence-corrected chi connectivity index (χ1v) is 7.52. The zero-order valence-corrected chi connectivity index (χ0v) is 13.6. The Bertz CT molecular complexity index is 648. The van der Waals surface area contributed by atoms with E-state index in [0.717, 1.165) is 0 Å². The van der Waals surface area contributed by atoms with Crippen molar-refractivity contribution < 1.29 is 28.7 Å². The van der Waals surface area contributed by atoms with Crippen molar-refractivity contribution in [2.75, 3.05) is 0 Å². The summed E-state index contributed by atoms with van der Waals surface area (Å²) in [4.78, 5) is 45.7. The Balaban J connectivity index is 2.83. The van der Waals surface area contributed by atoms with Crippen molar-refractivity contribution in [1.29, 1.82) is 0 Å². The molecule has 8 nitrogen and oxygen atoms in total. The largest absolute Gasteiger partial charge is 0.481 e. The normalized spacial score (nSPS) is 12.7. The van der Waals surface area contributed by atoms with Crippen molar-refractivity contribution in [1.82, 2.24) is 10.6 Å². The number of halogens is 1. The van der Waals surface area contributed by atoms with E-state index in [4.69, 9.17) is 10.8 Å². The van der Waals surface area contributed by atoms with Crippen LogP contribution in [0, 0.1) is 5.82 Å². The zero-order valence-electron chi connectivity index (χ0n) is 13.6. The van der Waals surface area contributed by atoms with Gasteiger partial charge in [-0.15, -0.1) is 0 Å². The van der Waals surface area contributed by atoms with Crippen LogP contribution in [0.25, 0.3) is 0 Å². The lowest BCUT2D eigenvalue weighted by Gasteiger charge is -2.21. The van der Waals surface area contributed by atoms with Gasteiger partial charge in [-0.2, -0.15) is 0 Å². The molecule has 0 unspecified atom stereocenters. The lowest BCUT2D eigenvalue weighted by molar-refractivity contribution is -0.137. The molecular weight excluding hydrogens is 333 g/mol. The van der Waals surface area contributed by atoms with Crippen molar-refractivity contribution >= 4 is 23.7 Å². The molecule has 0 radical (unpaired) electrons. The van der Waals surface area contributed by atoms with Gasteiger partial charge in [-0.1, -0.05) is 12.1 Å². The van der Waals surface area contributed by atoms with E-state index in [9.17, 15) is 23.6 Å². The molecule has 0 heterocycles. The number of hydrogen-bond donors (Lipinski definition) is 4. The minimum atomic E-state index is -1.17. The predicted octanol–water partition coefficient (Wildman–Crippen LogP) is -0.292. The summed E-state index contributed by atoms with van der Waals surface area (Å²) in [6.45, 7) is 1.22. The van der Waals surface area contributed by atoms with Crippen molar-refractivity contribution in [3.05, 3.63) is 35.6 Å². The predicted molar refractivity (Wildman–Crippen MR) is 85.7 cm³/mol. The van der Waals surface area contributed by atoms with Crippen molar-refractivity contribution in [3.8, 4) is 0 Å². The Morgan fingerprint density at radius 2 is 1.72 bits per heavy atom. The fourth-order valence-corrected chi connectivity index (χ4v) is 2.14. The molecule has 0 saturated carbocycles. The van der Waals surface area contributed by atoms with Gasteiger partial charge in [0.15, 0.2) is 0 Å². The summed E-state index contributed by atoms with van der Waals surface area (Å²) in [5, 5.41) is 13.5. The highest BCUT2D eigenvalue weighted by atomic mass is 19.1. The standard InChI is InChI=1S/C16H20FN3O5/c1-9(21)19-13(8-10-2-4-11(17)5-3-10)16(25)20-12(15(18)24)6-7-14(22)23/h2-5,12-13H,6-8H2,1H3,(H2,18,24)(H,19,21)(H,20,25)(H,22,23)/t12-,13+/m1/s1. The van der Waals surface area contributed by atoms with Crippen LogP contribution >= 0.6 is 0 Å². The Morgan fingerprint density at radius 3 is 2.20 bits per heavy atom. The summed E-state index contributed by atoms with van der Waals surface area (Å²) < 4.78 is 13.0. The molecule has 0 aliphatic rings. The van der Waals surface area contributed by atoms with Gasteiger partial charge in [0.2, 0.25) is 17.7 Å². The second-order valence-corrected chi connectivity index (χ2v) is 5.48. The van der Waals surface area contributed by atoms with Gasteiger partial charge >= 0.3 is 5.97 Å². The highest BCUT2D eigenvalue weighted by Gasteiger charge is 2.25. The molecule has 3 amide bonds. The van der Waals surface area contributed by atoms with Crippen LogP contribution in [-0.2, 0) is 25.6 Å². The number of carbonyl (C=O) groups excluding carboxylic acids is 3. The molecule has 136 valence electrons. The van der Waals surface area contributed by atoms with E-state index in [-0.39, 0.29) is 19.3 Å². The van der Waals surface area contributed by atoms with E-state index in [1.807, 2.05) is 0 Å². The van der Waals surface area contributed by atoms with E-state index >= 15 is 0 Å². The number of benzene rings is 1. The summed E-state index contributed by atoms with van der Waals surface area (Å²) >= 11 is 0. The number of nitrogens with one attached hydrogen (secondary N) is 2. The minimum Gasteiger partial charge on any atom is -0.481 e. The van der Waals surface area contributed by atoms with Gasteiger partial charge in [-0.05, 0) is 24.1 Å². The third kappa shape index (κ3) is 7.42. The third-order valence-electron chi connectivity index (χ3n) is 3.35. The molecule has 0 bridgehead atoms. The van der Waals surface area contributed by atoms with Gasteiger partial charge in [-0.3, -0.25) is 19.2 Å². The first kappa shape index (κ1) is 20.1. The van der Waals surface area contributed by atoms with E-state index < -0.39 is 41.6 Å². The molecule has 1 aromatic rings. The van der Waals surface area contributed by atoms with Crippen LogP contribution in [0.3, 0.4) is 0 Å². The maximum atomic E-state index is 13.0. The summed E-state index contributed by atoms with van der Waals surface area (Å²) in [6.07, 6.45) is -0.452. The lowest BCUT2D eigenvalue weighted by atomic mass is 10.0. The Hall–Kier alpha value is -2.97. The zero-order chi connectivity index (χ0) is 19.0. The number of carbonyl (C=O) groups is 4. The van der Waals surface area contributed by atoms with Gasteiger partial charge < -0.3 is 21.5 Å². The van der Waals surface area contributed by atoms with Crippen molar-refractivity contribution in [3.63, 3.8) is 0 Å². The van der Waals surface area contributed by atoms with Crippen LogP contribution in [0.2, 0.25) is 0 Å². The van der Waals surface area contributed by atoms with Crippen molar-refractivity contribution in [2.24, 2.45) is 5.73 Å². The maximum Gasteiger partial charge on any atom is 0.303 e. The van der Waals surface area contributed by atoms with Crippen LogP contribution < -0.4 is 16.4 Å². The molecule has 0 fully saturated rings. The van der Waals surface area contributed by atoms with Crippen LogP contribution in [0.15, 0.2) is 24.3 Å². The quantitative estimate of drug-likeness (QED) is 0.483. The molecule has 0 aliphatic heterocycles. The minimum absolute atomic E-state index is 0.0656. The monoisotopic (exact) mass is 353 g/mol. The molecule has 2 atom stereocenters. The molecule has 9 heteroatoms. The average Bonchev–Trinajstić information content (AvgIpc) is 2.51. The Kier molecular flexibility index (Phi) is 7.51. The fraction of sp³-hybridized carbons (Fsp3) is 0.375. The first-order chi connectivity index (χ1) is 11.7. The molecule has 25 heavy (non-hydrogen) atoms. The SMILES string of the molecule is CC(=O)N[C@@H](Cc1ccc(F)cc1)C(=O)N[C@H](CCC(=O)O)C(N)=O. The van der Waals surface area contributed by atoms with Crippen LogP contribution in [-0.4, -0.2) is 40.9 Å². The maximum absolute atomic E-state index is 13.0. The van der Waals surface area contributed by atoms with Gasteiger partial charge in [0.05, 0.1) is 0 Å². The van der Waals surface area contributed by atoms with E-state index in [1.54, 1.807) is 0 Å². The first-order valence-electron chi connectivity index (χ1n) is 7.52. The van der Waals surface area contributed by atoms with Crippen LogP contribution in [0.5, 0.6) is 0 Å². The number of carboxylic acid groups (broad SMARTS) is 1. The molecule has 0 aliphatic carbocycles. The number of primary amides is 1. The number of amides is 3. The molecule has 1 aromatic carbocycles. The number of nitrogens with two attached hydrogens (primary N) is 1. The summed E-state index contributed by atoms with van der Waals surface area (Å²) in [7, 11) is 0. The molecule has 0 saturated heterocycles. The molecule has 1 rings (SSSR count). The van der Waals surface area contributed by atoms with Gasteiger partial charge in [0, 0.05) is 19.8 Å². The van der Waals surface area contributed by atoms with Gasteiger partial charge in [0.25, 0.3) is 0 Å². The molecule has 0 aromatic heterocycles. The summed E-state index contributed by atoms with van der Waals surface area (Å²) in [5.41, 5.74) is 5.76. The summed E-state index contributed by atoms with van der Waals surface area (Å²) in [5.74, 6) is -3.60. The smallest absolute Gasteiger partial charge is 0.303 e. The Labute approximate surface area is 143 Å². The summed E-state index contributed by atoms with van der Waals surface area (Å²) in [6, 6.07) is 3.18. The highest BCUT2D eigenvalue weighted by molar-refractivity contribution is 5.91. The topological polar surface area (TPSA) is 139 Å². The Morgan fingerprint density at radius 1 is 1.12 bits per heavy atom. The third-order valence-corrected chi connectivity index (χ3v) is 3.35. The van der Waals surface area contributed by atoms with E-state index in [1.165, 1.54) is 31.2 Å². The van der Waals surface area contributed by atoms with Crippen LogP contribution in [0.1, 0.15) is 25.3 Å². The van der Waals surface area contributed by atoms with Crippen LogP contribution in [0.4, 0.5) is 4.39 Å². The van der Waals surface area contributed by atoms with Crippen molar-refractivity contribution in [2.45, 2.75) is 38.3 Å². The highest BCUT2D eigenvalue weighted by Crippen LogP contribution is 2.07. The average molecular weight is 353 g/mol. The molecule has 0 spiro atoms. The van der Waals surface area contributed by atoms with E-state index in [2.05, 4.69) is 10.6 Å². The molecule has 5 N–H and O–H groups in total. The van der Waals surface area contributed by atoms with Gasteiger partial charge in [0.1, 0.15) is 17.9 Å². The second-order valence-electron chi connectivity index (χ2n) is 5.48. The fourth-order valence-electron chi connectivity index (χ4n) is 2.14. The number of carboxylic acids is 1. The second kappa shape index (κ2) is 9.36. The lowest BCUT2D eigenvalue weighted by Crippen LogP contribution is -2.53. The number of aliphatic carboxylic acids is 1.